The number of nitrogens with zero attached hydrogens (tertiary/aromatic N) is 4. The summed E-state index contributed by atoms with van der Waals surface area (Å²) in [5.74, 6) is -0.111. The van der Waals surface area contributed by atoms with Crippen LogP contribution < -0.4 is 15.6 Å². The van der Waals surface area contributed by atoms with Crippen LogP contribution in [0.2, 0.25) is 0 Å². The Morgan fingerprint density at radius 1 is 1.11 bits per heavy atom. The molecule has 4 rings (SSSR count). The fourth-order valence-corrected chi connectivity index (χ4v) is 4.41. The Morgan fingerprint density at radius 3 is 2.47 bits per heavy atom. The second-order valence-corrected chi connectivity index (χ2v) is 10.3. The molecule has 1 amide bonds. The van der Waals surface area contributed by atoms with Crippen molar-refractivity contribution >= 4 is 32.9 Å². The first kappa shape index (κ1) is 25.2. The molecular weight excluding hydrogens is 484 g/mol. The molecule has 0 unspecified atom stereocenters. The van der Waals surface area contributed by atoms with E-state index in [9.17, 15) is 18.0 Å². The van der Waals surface area contributed by atoms with E-state index in [-0.39, 0.29) is 18.8 Å². The zero-order valence-electron chi connectivity index (χ0n) is 20.3. The van der Waals surface area contributed by atoms with E-state index in [1.807, 2.05) is 44.2 Å². The van der Waals surface area contributed by atoms with Crippen LogP contribution in [0.3, 0.4) is 0 Å². The van der Waals surface area contributed by atoms with Gasteiger partial charge in [-0.1, -0.05) is 35.5 Å². The number of anilines is 1. The number of sulfonamides is 1. The number of nitrogens with one attached hydrogen (secondary N) is 2. The van der Waals surface area contributed by atoms with Crippen molar-refractivity contribution in [3.05, 3.63) is 69.8 Å². The van der Waals surface area contributed by atoms with Gasteiger partial charge in [-0.2, -0.15) is 0 Å². The minimum Gasteiger partial charge on any atom is -0.361 e. The van der Waals surface area contributed by atoms with Crippen LogP contribution in [0.25, 0.3) is 22.4 Å². The van der Waals surface area contributed by atoms with E-state index in [1.54, 1.807) is 19.1 Å². The summed E-state index contributed by atoms with van der Waals surface area (Å²) in [6.07, 6.45) is 0.840. The second-order valence-electron chi connectivity index (χ2n) is 8.43. The van der Waals surface area contributed by atoms with Crippen molar-refractivity contribution in [3.63, 3.8) is 0 Å². The number of hydrogen-bond donors (Lipinski definition) is 2. The van der Waals surface area contributed by atoms with Crippen molar-refractivity contribution < 1.29 is 17.7 Å². The standard InChI is InChI=1S/C24H26N6O5S/c1-14-21(16(3)35-29-14)18-10-11-19-23(27-18)30(15(2)17-8-6-5-7-9-17)24(32)22(26-19)28-20(31)12-13-25-36(4,33)34/h5-11,15,25H,12-13H2,1-4H3,(H,26,28,31)/t15-/m0/s1. The van der Waals surface area contributed by atoms with Gasteiger partial charge in [0.1, 0.15) is 11.3 Å². The van der Waals surface area contributed by atoms with E-state index >= 15 is 0 Å². The largest absolute Gasteiger partial charge is 0.361 e. The number of carbonyl (C=O) groups excluding carboxylic acids is 1. The van der Waals surface area contributed by atoms with Crippen LogP contribution in [0.4, 0.5) is 5.82 Å². The molecule has 0 saturated heterocycles. The van der Waals surface area contributed by atoms with Crippen LogP contribution in [0.1, 0.15) is 36.4 Å². The molecule has 2 N–H and O–H groups in total. The molecule has 4 aromatic rings. The Balaban J connectivity index is 1.81. The topological polar surface area (TPSA) is 149 Å². The zero-order chi connectivity index (χ0) is 26.0. The van der Waals surface area contributed by atoms with Gasteiger partial charge in [-0.05, 0) is 38.5 Å². The molecule has 3 aromatic heterocycles. The quantitative estimate of drug-likeness (QED) is 0.367. The number of pyridine rings is 1. The molecule has 1 aromatic carbocycles. The molecule has 0 bridgehead atoms. The van der Waals surface area contributed by atoms with Gasteiger partial charge in [-0.3, -0.25) is 14.2 Å². The first-order chi connectivity index (χ1) is 17.0. The van der Waals surface area contributed by atoms with Crippen LogP contribution in [0, 0.1) is 13.8 Å². The Hall–Kier alpha value is -3.90. The molecule has 3 heterocycles. The van der Waals surface area contributed by atoms with Crippen molar-refractivity contribution in [2.24, 2.45) is 0 Å². The van der Waals surface area contributed by atoms with Gasteiger partial charge < -0.3 is 9.84 Å². The highest BCUT2D eigenvalue weighted by Crippen LogP contribution is 2.28. The summed E-state index contributed by atoms with van der Waals surface area (Å²) in [6, 6.07) is 12.5. The monoisotopic (exact) mass is 510 g/mol. The zero-order valence-corrected chi connectivity index (χ0v) is 21.1. The third kappa shape index (κ3) is 5.34. The Labute approximate surface area is 207 Å². The fourth-order valence-electron chi connectivity index (χ4n) is 3.94. The van der Waals surface area contributed by atoms with Crippen molar-refractivity contribution in [3.8, 4) is 11.3 Å². The number of fused-ring (bicyclic) bond motifs is 1. The highest BCUT2D eigenvalue weighted by Gasteiger charge is 2.21. The fraction of sp³-hybridized carbons (Fsp3) is 0.292. The molecule has 0 saturated carbocycles. The van der Waals surface area contributed by atoms with Crippen molar-refractivity contribution in [1.82, 2.24) is 24.4 Å². The van der Waals surface area contributed by atoms with E-state index in [0.717, 1.165) is 17.4 Å². The number of aryl methyl sites for hydroxylation is 2. The minimum absolute atomic E-state index is 0.102. The van der Waals surface area contributed by atoms with Crippen LogP contribution in [-0.2, 0) is 14.8 Å². The third-order valence-corrected chi connectivity index (χ3v) is 6.40. The molecular formula is C24H26N6O5S. The van der Waals surface area contributed by atoms with Crippen LogP contribution in [0.5, 0.6) is 0 Å². The van der Waals surface area contributed by atoms with E-state index in [2.05, 4.69) is 20.2 Å². The van der Waals surface area contributed by atoms with Gasteiger partial charge in [0, 0.05) is 13.0 Å². The van der Waals surface area contributed by atoms with Crippen molar-refractivity contribution in [2.45, 2.75) is 33.2 Å². The lowest BCUT2D eigenvalue weighted by Crippen LogP contribution is -2.32. The van der Waals surface area contributed by atoms with Gasteiger partial charge >= 0.3 is 0 Å². The number of benzene rings is 1. The predicted molar refractivity (Wildman–Crippen MR) is 135 cm³/mol. The Bertz CT molecular complexity index is 1580. The number of aromatic nitrogens is 4. The predicted octanol–water partition coefficient (Wildman–Crippen LogP) is 2.55. The van der Waals surface area contributed by atoms with Gasteiger partial charge in [0.15, 0.2) is 11.5 Å². The normalized spacial score (nSPS) is 12.6. The number of rotatable bonds is 8. The van der Waals surface area contributed by atoms with Crippen molar-refractivity contribution in [1.29, 1.82) is 0 Å². The first-order valence-corrected chi connectivity index (χ1v) is 13.1. The van der Waals surface area contributed by atoms with Crippen LogP contribution in [0.15, 0.2) is 51.8 Å². The van der Waals surface area contributed by atoms with Gasteiger partial charge in [0.25, 0.3) is 5.56 Å². The highest BCUT2D eigenvalue weighted by molar-refractivity contribution is 7.88. The third-order valence-electron chi connectivity index (χ3n) is 5.67. The molecule has 0 radical (unpaired) electrons. The highest BCUT2D eigenvalue weighted by atomic mass is 32.2. The molecule has 0 spiro atoms. The number of amides is 1. The van der Waals surface area contributed by atoms with Crippen molar-refractivity contribution in [2.75, 3.05) is 18.1 Å². The summed E-state index contributed by atoms with van der Waals surface area (Å²) < 4.78 is 31.5. The summed E-state index contributed by atoms with van der Waals surface area (Å²) in [4.78, 5) is 35.2. The summed E-state index contributed by atoms with van der Waals surface area (Å²) >= 11 is 0. The molecule has 12 heteroatoms. The Kier molecular flexibility index (Phi) is 7.00. The molecule has 188 valence electrons. The van der Waals surface area contributed by atoms with Gasteiger partial charge in [0.05, 0.1) is 29.2 Å². The number of hydrogen-bond acceptors (Lipinski definition) is 8. The van der Waals surface area contributed by atoms with E-state index in [4.69, 9.17) is 9.51 Å². The molecule has 0 aliphatic carbocycles. The minimum atomic E-state index is -3.44. The Morgan fingerprint density at radius 2 is 1.83 bits per heavy atom. The van der Waals surface area contributed by atoms with Gasteiger partial charge in [0.2, 0.25) is 15.9 Å². The average molecular weight is 511 g/mol. The molecule has 36 heavy (non-hydrogen) atoms. The number of carbonyl (C=O) groups is 1. The molecule has 0 fully saturated rings. The van der Waals surface area contributed by atoms with E-state index in [0.29, 0.717) is 28.3 Å². The maximum atomic E-state index is 13.6. The molecule has 1 atom stereocenters. The molecule has 0 aliphatic heterocycles. The van der Waals surface area contributed by atoms with Crippen LogP contribution >= 0.6 is 0 Å². The maximum Gasteiger partial charge on any atom is 0.295 e. The average Bonchev–Trinajstić information content (AvgIpc) is 3.16. The summed E-state index contributed by atoms with van der Waals surface area (Å²) in [6.45, 7) is 5.36. The van der Waals surface area contributed by atoms with Gasteiger partial charge in [-0.25, -0.2) is 23.1 Å². The lowest BCUT2D eigenvalue weighted by atomic mass is 10.1. The lowest BCUT2D eigenvalue weighted by molar-refractivity contribution is -0.116. The lowest BCUT2D eigenvalue weighted by Gasteiger charge is -2.19. The summed E-state index contributed by atoms with van der Waals surface area (Å²) in [5, 5.41) is 6.52. The molecule has 11 nitrogen and oxygen atoms in total. The van der Waals surface area contributed by atoms with E-state index in [1.165, 1.54) is 4.57 Å². The van der Waals surface area contributed by atoms with Gasteiger partial charge in [-0.15, -0.1) is 0 Å². The smallest absolute Gasteiger partial charge is 0.295 e. The van der Waals surface area contributed by atoms with E-state index < -0.39 is 27.5 Å². The first-order valence-electron chi connectivity index (χ1n) is 11.2. The summed E-state index contributed by atoms with van der Waals surface area (Å²) in [7, 11) is -3.44. The molecule has 0 aliphatic rings. The second kappa shape index (κ2) is 9.99. The maximum absolute atomic E-state index is 13.6. The summed E-state index contributed by atoms with van der Waals surface area (Å²) in [5.41, 5.74) is 3.06. The SMILES string of the molecule is Cc1noc(C)c1-c1ccc2nc(NC(=O)CCNS(C)(=O)=O)c(=O)n([C@@H](C)c3ccccc3)c2n1. The van der Waals surface area contributed by atoms with Crippen LogP contribution in [-0.4, -0.2) is 46.8 Å².